The molecule has 0 aromatic heterocycles. The fourth-order valence-corrected chi connectivity index (χ4v) is 3.03. The highest BCUT2D eigenvalue weighted by atomic mass is 32.2. The van der Waals surface area contributed by atoms with E-state index in [1.807, 2.05) is 11.0 Å². The number of anilines is 1. The first-order chi connectivity index (χ1) is 11.2. The van der Waals surface area contributed by atoms with Gasteiger partial charge in [-0.1, -0.05) is 12.1 Å². The largest absolute Gasteiger partial charge is 0.442 e. The number of hydrogen-bond donors (Lipinski definition) is 2. The van der Waals surface area contributed by atoms with Crippen molar-refractivity contribution in [2.75, 3.05) is 17.6 Å². The lowest BCUT2D eigenvalue weighted by molar-refractivity contribution is -0.122. The average molecular weight is 361 g/mol. The van der Waals surface area contributed by atoms with Crippen molar-refractivity contribution < 1.29 is 22.8 Å². The van der Waals surface area contributed by atoms with Crippen LogP contribution in [-0.4, -0.2) is 40.6 Å². The zero-order valence-corrected chi connectivity index (χ0v) is 13.6. The molecule has 0 spiro atoms. The maximum absolute atomic E-state index is 12.1. The maximum atomic E-state index is 12.1. The predicted octanol–water partition coefficient (Wildman–Crippen LogP) is 2.33. The average Bonchev–Trinajstić information content (AvgIpc) is 2.93. The standard InChI is InChI=1S/C15H18F3N3O2S/c16-15(17,18)24-9-13(22)20-11-4-1-3-10(7-11)8-21-6-2-5-12(21)14(19)23/h1,3-4,7,12H,2,5-6,8-9H2,(H2,19,23)(H,20,22). The lowest BCUT2D eigenvalue weighted by Crippen LogP contribution is -2.39. The predicted molar refractivity (Wildman–Crippen MR) is 86.2 cm³/mol. The Labute approximate surface area is 141 Å². The van der Waals surface area contributed by atoms with Gasteiger partial charge in [0.1, 0.15) is 0 Å². The van der Waals surface area contributed by atoms with Crippen LogP contribution in [0.2, 0.25) is 0 Å². The molecule has 5 nitrogen and oxygen atoms in total. The summed E-state index contributed by atoms with van der Waals surface area (Å²) >= 11 is -0.377. The summed E-state index contributed by atoms with van der Waals surface area (Å²) in [6.45, 7) is 1.25. The molecule has 1 aliphatic heterocycles. The molecule has 1 aromatic carbocycles. The summed E-state index contributed by atoms with van der Waals surface area (Å²) in [5.41, 5.74) is 2.22. The zero-order valence-electron chi connectivity index (χ0n) is 12.8. The van der Waals surface area contributed by atoms with E-state index in [0.717, 1.165) is 24.9 Å². The van der Waals surface area contributed by atoms with Gasteiger partial charge >= 0.3 is 5.51 Å². The van der Waals surface area contributed by atoms with Gasteiger partial charge in [-0.15, -0.1) is 0 Å². The number of amides is 2. The second kappa shape index (κ2) is 7.89. The summed E-state index contributed by atoms with van der Waals surface area (Å²) in [5, 5.41) is 2.44. The molecule has 0 aliphatic carbocycles. The van der Waals surface area contributed by atoms with Crippen molar-refractivity contribution in [2.24, 2.45) is 5.73 Å². The van der Waals surface area contributed by atoms with Gasteiger partial charge < -0.3 is 11.1 Å². The molecule has 1 heterocycles. The molecular formula is C15H18F3N3O2S. The first-order valence-corrected chi connectivity index (χ1v) is 8.36. The number of hydrogen-bond acceptors (Lipinski definition) is 4. The highest BCUT2D eigenvalue weighted by molar-refractivity contribution is 8.00. The quantitative estimate of drug-likeness (QED) is 0.815. The monoisotopic (exact) mass is 361 g/mol. The summed E-state index contributed by atoms with van der Waals surface area (Å²) in [7, 11) is 0. The number of rotatable bonds is 6. The number of primary amides is 1. The molecule has 0 radical (unpaired) electrons. The SMILES string of the molecule is NC(=O)C1CCCN1Cc1cccc(NC(=O)CSC(F)(F)F)c1. The summed E-state index contributed by atoms with van der Waals surface area (Å²) < 4.78 is 36.3. The fourth-order valence-electron chi connectivity index (χ4n) is 2.66. The van der Waals surface area contributed by atoms with E-state index in [0.29, 0.717) is 12.2 Å². The van der Waals surface area contributed by atoms with Crippen LogP contribution < -0.4 is 11.1 Å². The van der Waals surface area contributed by atoms with Gasteiger partial charge in [-0.2, -0.15) is 13.2 Å². The summed E-state index contributed by atoms with van der Waals surface area (Å²) in [4.78, 5) is 24.9. The Morgan fingerprint density at radius 3 is 2.79 bits per heavy atom. The van der Waals surface area contributed by atoms with E-state index >= 15 is 0 Å². The number of likely N-dealkylation sites (tertiary alicyclic amines) is 1. The molecule has 9 heteroatoms. The van der Waals surface area contributed by atoms with Crippen LogP contribution in [0.3, 0.4) is 0 Å². The van der Waals surface area contributed by atoms with Crippen molar-refractivity contribution in [1.29, 1.82) is 0 Å². The van der Waals surface area contributed by atoms with Crippen LogP contribution in [0.4, 0.5) is 18.9 Å². The van der Waals surface area contributed by atoms with Gasteiger partial charge in [-0.25, -0.2) is 0 Å². The first-order valence-electron chi connectivity index (χ1n) is 7.37. The number of benzene rings is 1. The van der Waals surface area contributed by atoms with Gasteiger partial charge in [0.05, 0.1) is 11.8 Å². The van der Waals surface area contributed by atoms with Gasteiger partial charge in [0.2, 0.25) is 11.8 Å². The minimum absolute atomic E-state index is 0.300. The topological polar surface area (TPSA) is 75.4 Å². The summed E-state index contributed by atoms with van der Waals surface area (Å²) in [6, 6.07) is 6.53. The highest BCUT2D eigenvalue weighted by Crippen LogP contribution is 2.30. The Hall–Kier alpha value is -1.74. The summed E-state index contributed by atoms with van der Waals surface area (Å²) in [5.74, 6) is -1.77. The number of halogens is 3. The fraction of sp³-hybridized carbons (Fsp3) is 0.467. The number of thioether (sulfide) groups is 1. The normalized spacial score (nSPS) is 18.5. The Bertz CT molecular complexity index is 610. The van der Waals surface area contributed by atoms with Gasteiger partial charge in [-0.05, 0) is 48.8 Å². The van der Waals surface area contributed by atoms with E-state index in [4.69, 9.17) is 5.73 Å². The molecule has 132 valence electrons. The number of carbonyl (C=O) groups excluding carboxylic acids is 2. The van der Waals surface area contributed by atoms with Crippen molar-refractivity contribution in [3.63, 3.8) is 0 Å². The second-order valence-corrected chi connectivity index (χ2v) is 6.55. The number of carbonyl (C=O) groups is 2. The van der Waals surface area contributed by atoms with Crippen LogP contribution in [0.15, 0.2) is 24.3 Å². The molecule has 1 saturated heterocycles. The molecule has 24 heavy (non-hydrogen) atoms. The minimum atomic E-state index is -4.43. The number of alkyl halides is 3. The van der Waals surface area contributed by atoms with Crippen molar-refractivity contribution in [1.82, 2.24) is 4.90 Å². The first kappa shape index (κ1) is 18.6. The molecule has 3 N–H and O–H groups in total. The second-order valence-electron chi connectivity index (χ2n) is 5.51. The van der Waals surface area contributed by atoms with E-state index < -0.39 is 17.2 Å². The van der Waals surface area contributed by atoms with E-state index in [1.165, 1.54) is 0 Å². The van der Waals surface area contributed by atoms with Crippen LogP contribution in [0, 0.1) is 0 Å². The molecule has 1 atom stereocenters. The lowest BCUT2D eigenvalue weighted by atomic mass is 10.1. The molecule has 1 unspecified atom stereocenters. The lowest BCUT2D eigenvalue weighted by Gasteiger charge is -2.22. The Morgan fingerprint density at radius 2 is 2.12 bits per heavy atom. The third kappa shape index (κ3) is 5.72. The zero-order chi connectivity index (χ0) is 17.7. The van der Waals surface area contributed by atoms with Crippen molar-refractivity contribution in [3.8, 4) is 0 Å². The number of nitrogens with zero attached hydrogens (tertiary/aromatic N) is 1. The minimum Gasteiger partial charge on any atom is -0.368 e. The van der Waals surface area contributed by atoms with Gasteiger partial charge in [0.15, 0.2) is 0 Å². The molecule has 0 saturated carbocycles. The van der Waals surface area contributed by atoms with Crippen LogP contribution in [0.1, 0.15) is 18.4 Å². The molecular weight excluding hydrogens is 343 g/mol. The van der Waals surface area contributed by atoms with Crippen LogP contribution in [0.25, 0.3) is 0 Å². The maximum Gasteiger partial charge on any atom is 0.442 e. The smallest absolute Gasteiger partial charge is 0.368 e. The van der Waals surface area contributed by atoms with Gasteiger partial charge in [-0.3, -0.25) is 14.5 Å². The molecule has 2 amide bonds. The van der Waals surface area contributed by atoms with E-state index in [-0.39, 0.29) is 23.7 Å². The summed E-state index contributed by atoms with van der Waals surface area (Å²) in [6.07, 6.45) is 1.61. The molecule has 1 aromatic rings. The third-order valence-corrected chi connectivity index (χ3v) is 4.39. The van der Waals surface area contributed by atoms with E-state index in [9.17, 15) is 22.8 Å². The van der Waals surface area contributed by atoms with Gasteiger partial charge in [0.25, 0.3) is 0 Å². The van der Waals surface area contributed by atoms with Crippen molar-refractivity contribution >= 4 is 29.3 Å². The molecule has 2 rings (SSSR count). The van der Waals surface area contributed by atoms with E-state index in [1.54, 1.807) is 18.2 Å². The third-order valence-electron chi connectivity index (χ3n) is 3.66. The van der Waals surface area contributed by atoms with E-state index in [2.05, 4.69) is 5.32 Å². The Morgan fingerprint density at radius 1 is 1.38 bits per heavy atom. The van der Waals surface area contributed by atoms with Gasteiger partial charge in [0, 0.05) is 12.2 Å². The van der Waals surface area contributed by atoms with Crippen LogP contribution in [-0.2, 0) is 16.1 Å². The Balaban J connectivity index is 1.94. The van der Waals surface area contributed by atoms with Crippen molar-refractivity contribution in [3.05, 3.63) is 29.8 Å². The van der Waals surface area contributed by atoms with Crippen LogP contribution in [0.5, 0.6) is 0 Å². The highest BCUT2D eigenvalue weighted by Gasteiger charge is 2.30. The molecule has 1 fully saturated rings. The van der Waals surface area contributed by atoms with Crippen LogP contribution >= 0.6 is 11.8 Å². The van der Waals surface area contributed by atoms with Crippen molar-refractivity contribution in [2.45, 2.75) is 30.9 Å². The molecule has 1 aliphatic rings. The number of nitrogens with two attached hydrogens (primary N) is 1. The Kier molecular flexibility index (Phi) is 6.11. The molecule has 0 bridgehead atoms. The number of nitrogens with one attached hydrogen (secondary N) is 1.